The molecule has 0 radical (unpaired) electrons. The Kier molecular flexibility index (Phi) is 5.36. The fraction of sp³-hybridized carbons (Fsp3) is 0.385. The van der Waals surface area contributed by atoms with Gasteiger partial charge in [0.05, 0.1) is 11.6 Å². The lowest BCUT2D eigenvalue weighted by Crippen LogP contribution is -2.11. The maximum absolute atomic E-state index is 6.17. The normalized spacial score (nSPS) is 10.2. The summed E-state index contributed by atoms with van der Waals surface area (Å²) in [5.74, 6) is 0.627. The minimum atomic E-state index is 0.605. The maximum atomic E-state index is 6.17. The van der Waals surface area contributed by atoms with Crippen LogP contribution in [-0.2, 0) is 11.3 Å². The van der Waals surface area contributed by atoms with Crippen molar-refractivity contribution >= 4 is 17.4 Å². The molecule has 0 amide bonds. The zero-order valence-corrected chi connectivity index (χ0v) is 10.6. The summed E-state index contributed by atoms with van der Waals surface area (Å²) in [6, 6.07) is 5.94. The van der Waals surface area contributed by atoms with Crippen molar-refractivity contribution in [1.82, 2.24) is 5.32 Å². The predicted molar refractivity (Wildman–Crippen MR) is 69.5 cm³/mol. The Bertz CT molecular complexity index is 363. The third-order valence-electron chi connectivity index (χ3n) is 2.23. The predicted octanol–water partition coefficient (Wildman–Crippen LogP) is 3.46. The topological polar surface area (TPSA) is 21.3 Å². The van der Waals surface area contributed by atoms with Gasteiger partial charge < -0.3 is 10.1 Å². The molecule has 0 aromatic heterocycles. The summed E-state index contributed by atoms with van der Waals surface area (Å²) >= 11 is 6.17. The average molecular weight is 240 g/mol. The zero-order chi connectivity index (χ0) is 12.0. The van der Waals surface area contributed by atoms with Crippen LogP contribution in [0.2, 0.25) is 5.02 Å². The van der Waals surface area contributed by atoms with E-state index in [0.717, 1.165) is 18.7 Å². The van der Waals surface area contributed by atoms with Crippen LogP contribution in [0.5, 0.6) is 0 Å². The van der Waals surface area contributed by atoms with Crippen molar-refractivity contribution in [2.45, 2.75) is 20.4 Å². The first kappa shape index (κ1) is 13.1. The second-order valence-corrected chi connectivity index (χ2v) is 3.86. The van der Waals surface area contributed by atoms with Gasteiger partial charge in [-0.05, 0) is 31.2 Å². The SMILES string of the molecule is C=C(OCC)c1ccc(CNCC)cc1Cl. The van der Waals surface area contributed by atoms with Crippen molar-refractivity contribution in [3.05, 3.63) is 40.9 Å². The molecule has 0 saturated heterocycles. The van der Waals surface area contributed by atoms with Gasteiger partial charge in [-0.2, -0.15) is 0 Å². The zero-order valence-electron chi connectivity index (χ0n) is 9.85. The molecule has 0 atom stereocenters. The molecule has 0 bridgehead atoms. The molecule has 0 aliphatic heterocycles. The number of nitrogens with one attached hydrogen (secondary N) is 1. The third-order valence-corrected chi connectivity index (χ3v) is 2.54. The lowest BCUT2D eigenvalue weighted by molar-refractivity contribution is 0.299. The van der Waals surface area contributed by atoms with Crippen molar-refractivity contribution in [3.63, 3.8) is 0 Å². The lowest BCUT2D eigenvalue weighted by atomic mass is 10.1. The Morgan fingerprint density at radius 1 is 1.44 bits per heavy atom. The summed E-state index contributed by atoms with van der Waals surface area (Å²) in [4.78, 5) is 0. The van der Waals surface area contributed by atoms with E-state index in [-0.39, 0.29) is 0 Å². The number of benzene rings is 1. The van der Waals surface area contributed by atoms with E-state index in [1.165, 1.54) is 5.56 Å². The Balaban J connectivity index is 2.78. The maximum Gasteiger partial charge on any atom is 0.120 e. The smallest absolute Gasteiger partial charge is 0.120 e. The summed E-state index contributed by atoms with van der Waals surface area (Å²) in [7, 11) is 0. The van der Waals surface area contributed by atoms with Crippen LogP contribution >= 0.6 is 11.6 Å². The van der Waals surface area contributed by atoms with Gasteiger partial charge in [0.1, 0.15) is 5.76 Å². The first-order valence-corrected chi connectivity index (χ1v) is 5.88. The molecule has 0 fully saturated rings. The van der Waals surface area contributed by atoms with Crippen molar-refractivity contribution in [3.8, 4) is 0 Å². The van der Waals surface area contributed by atoms with Gasteiger partial charge >= 0.3 is 0 Å². The van der Waals surface area contributed by atoms with E-state index >= 15 is 0 Å². The highest BCUT2D eigenvalue weighted by atomic mass is 35.5. The molecule has 16 heavy (non-hydrogen) atoms. The largest absolute Gasteiger partial charge is 0.494 e. The highest BCUT2D eigenvalue weighted by Crippen LogP contribution is 2.24. The first-order chi connectivity index (χ1) is 7.69. The summed E-state index contributed by atoms with van der Waals surface area (Å²) in [5, 5.41) is 3.94. The number of halogens is 1. The van der Waals surface area contributed by atoms with Crippen molar-refractivity contribution in [2.24, 2.45) is 0 Å². The van der Waals surface area contributed by atoms with Gasteiger partial charge in [-0.15, -0.1) is 0 Å². The Hall–Kier alpha value is -0.990. The summed E-state index contributed by atoms with van der Waals surface area (Å²) in [6.07, 6.45) is 0. The van der Waals surface area contributed by atoms with Gasteiger partial charge in [0, 0.05) is 12.1 Å². The van der Waals surface area contributed by atoms with Crippen LogP contribution in [0.15, 0.2) is 24.8 Å². The Morgan fingerprint density at radius 2 is 2.19 bits per heavy atom. The Labute approximate surface area is 102 Å². The van der Waals surface area contributed by atoms with E-state index in [4.69, 9.17) is 16.3 Å². The van der Waals surface area contributed by atoms with E-state index in [9.17, 15) is 0 Å². The standard InChI is InChI=1S/C13H18ClNO/c1-4-15-9-11-6-7-12(13(14)8-11)10(3)16-5-2/h6-8,15H,3-5,9H2,1-2H3. The quantitative estimate of drug-likeness (QED) is 0.768. The van der Waals surface area contributed by atoms with Gasteiger partial charge in [-0.25, -0.2) is 0 Å². The second kappa shape index (κ2) is 6.56. The van der Waals surface area contributed by atoms with E-state index in [2.05, 4.69) is 18.8 Å². The highest BCUT2D eigenvalue weighted by molar-refractivity contribution is 6.32. The molecule has 1 aromatic carbocycles. The monoisotopic (exact) mass is 239 g/mol. The van der Waals surface area contributed by atoms with Crippen LogP contribution < -0.4 is 5.32 Å². The number of rotatable bonds is 6. The molecule has 0 aliphatic rings. The lowest BCUT2D eigenvalue weighted by Gasteiger charge is -2.10. The van der Waals surface area contributed by atoms with Gasteiger partial charge in [0.25, 0.3) is 0 Å². The molecule has 88 valence electrons. The molecule has 0 spiro atoms. The van der Waals surface area contributed by atoms with Gasteiger partial charge in [-0.3, -0.25) is 0 Å². The molecular weight excluding hydrogens is 222 g/mol. The first-order valence-electron chi connectivity index (χ1n) is 5.50. The minimum Gasteiger partial charge on any atom is -0.494 e. The number of hydrogen-bond acceptors (Lipinski definition) is 2. The summed E-state index contributed by atoms with van der Waals surface area (Å²) in [5.41, 5.74) is 2.03. The molecule has 0 saturated carbocycles. The molecular formula is C13H18ClNO. The van der Waals surface area contributed by atoms with E-state index in [0.29, 0.717) is 17.4 Å². The van der Waals surface area contributed by atoms with Crippen LogP contribution in [0.25, 0.3) is 5.76 Å². The van der Waals surface area contributed by atoms with Crippen LogP contribution in [0, 0.1) is 0 Å². The highest BCUT2D eigenvalue weighted by Gasteiger charge is 2.06. The molecule has 1 N–H and O–H groups in total. The van der Waals surface area contributed by atoms with Crippen molar-refractivity contribution < 1.29 is 4.74 Å². The van der Waals surface area contributed by atoms with Crippen LogP contribution in [0.3, 0.4) is 0 Å². The second-order valence-electron chi connectivity index (χ2n) is 3.45. The molecule has 1 rings (SSSR count). The molecule has 2 nitrogen and oxygen atoms in total. The van der Waals surface area contributed by atoms with E-state index in [1.54, 1.807) is 0 Å². The van der Waals surface area contributed by atoms with Crippen LogP contribution in [0.1, 0.15) is 25.0 Å². The number of ether oxygens (including phenoxy) is 1. The molecule has 0 unspecified atom stereocenters. The molecule has 3 heteroatoms. The molecule has 0 aliphatic carbocycles. The van der Waals surface area contributed by atoms with Crippen LogP contribution in [-0.4, -0.2) is 13.2 Å². The fourth-order valence-electron chi connectivity index (χ4n) is 1.42. The van der Waals surface area contributed by atoms with Gasteiger partial charge in [-0.1, -0.05) is 31.2 Å². The van der Waals surface area contributed by atoms with Crippen molar-refractivity contribution in [2.75, 3.05) is 13.2 Å². The Morgan fingerprint density at radius 3 is 2.75 bits per heavy atom. The van der Waals surface area contributed by atoms with Crippen molar-refractivity contribution in [1.29, 1.82) is 0 Å². The number of hydrogen-bond donors (Lipinski definition) is 1. The summed E-state index contributed by atoms with van der Waals surface area (Å²) < 4.78 is 5.34. The van der Waals surface area contributed by atoms with Gasteiger partial charge in [0.2, 0.25) is 0 Å². The minimum absolute atomic E-state index is 0.605. The average Bonchev–Trinajstić information content (AvgIpc) is 2.26. The van der Waals surface area contributed by atoms with Crippen LogP contribution in [0.4, 0.5) is 0 Å². The molecule has 1 aromatic rings. The third kappa shape index (κ3) is 3.54. The van der Waals surface area contributed by atoms with E-state index < -0.39 is 0 Å². The van der Waals surface area contributed by atoms with Gasteiger partial charge in [0.15, 0.2) is 0 Å². The van der Waals surface area contributed by atoms with E-state index in [1.807, 2.05) is 25.1 Å². The fourth-order valence-corrected chi connectivity index (χ4v) is 1.72. The molecule has 0 heterocycles. The summed E-state index contributed by atoms with van der Waals surface area (Å²) in [6.45, 7) is 10.2.